The molecule has 1 rings (SSSR count). The van der Waals surface area contributed by atoms with Gasteiger partial charge in [-0.1, -0.05) is 27.7 Å². The molecule has 1 atom stereocenters. The predicted octanol–water partition coefficient (Wildman–Crippen LogP) is 3.61. The second-order valence-corrected chi connectivity index (χ2v) is 4.34. The summed E-state index contributed by atoms with van der Waals surface area (Å²) in [6.07, 6.45) is 3.58. The smallest absolute Gasteiger partial charge is 0.339 e. The van der Waals surface area contributed by atoms with E-state index in [1.54, 1.807) is 0 Å². The van der Waals surface area contributed by atoms with Crippen LogP contribution in [-0.4, -0.2) is 30.1 Å². The molecule has 0 saturated heterocycles. The lowest BCUT2D eigenvalue weighted by Gasteiger charge is -2.03. The summed E-state index contributed by atoms with van der Waals surface area (Å²) in [7, 11) is 1.26. The summed E-state index contributed by atoms with van der Waals surface area (Å²) < 4.78 is 16.6. The van der Waals surface area contributed by atoms with E-state index in [0.717, 1.165) is 25.0 Å². The van der Waals surface area contributed by atoms with E-state index in [1.165, 1.54) is 13.2 Å². The minimum atomic E-state index is -0.613. The Morgan fingerprint density at radius 1 is 1.35 bits per heavy atom. The zero-order chi connectivity index (χ0) is 18.3. The number of ketones is 1. The van der Waals surface area contributed by atoms with Crippen LogP contribution in [0.4, 0.5) is 4.39 Å². The molecule has 0 aromatic carbocycles. The SMILES string of the molecule is CC.CCC(C)C(=O)CCC=O.COC(=O)c1ccc(F)nc1. The summed E-state index contributed by atoms with van der Waals surface area (Å²) in [5.41, 5.74) is 0.244. The Bertz CT molecular complexity index is 460. The molecule has 5 nitrogen and oxygen atoms in total. The van der Waals surface area contributed by atoms with Gasteiger partial charge in [0.05, 0.1) is 12.7 Å². The van der Waals surface area contributed by atoms with Crippen LogP contribution in [0.15, 0.2) is 18.3 Å². The Morgan fingerprint density at radius 3 is 2.35 bits per heavy atom. The lowest BCUT2D eigenvalue weighted by atomic mass is 10.0. The highest BCUT2D eigenvalue weighted by molar-refractivity contribution is 5.88. The van der Waals surface area contributed by atoms with Crippen LogP contribution in [-0.2, 0) is 14.3 Å². The number of pyridine rings is 1. The van der Waals surface area contributed by atoms with Crippen molar-refractivity contribution in [3.05, 3.63) is 29.8 Å². The molecule has 1 aromatic heterocycles. The number of hydrogen-bond donors (Lipinski definition) is 0. The Balaban J connectivity index is 0. The Kier molecular flexibility index (Phi) is 14.9. The van der Waals surface area contributed by atoms with Crippen molar-refractivity contribution >= 4 is 18.0 Å². The van der Waals surface area contributed by atoms with Gasteiger partial charge in [-0.2, -0.15) is 4.39 Å². The van der Waals surface area contributed by atoms with Crippen molar-refractivity contribution in [2.24, 2.45) is 5.92 Å². The minimum absolute atomic E-state index is 0.125. The maximum Gasteiger partial charge on any atom is 0.339 e. The van der Waals surface area contributed by atoms with Gasteiger partial charge >= 0.3 is 5.97 Å². The first kappa shape index (κ1) is 23.2. The van der Waals surface area contributed by atoms with Gasteiger partial charge in [-0.15, -0.1) is 0 Å². The van der Waals surface area contributed by atoms with E-state index in [2.05, 4.69) is 9.72 Å². The number of Topliss-reactive ketones (excluding diaryl/α,β-unsaturated/α-hetero) is 1. The van der Waals surface area contributed by atoms with Crippen LogP contribution in [0.3, 0.4) is 0 Å². The van der Waals surface area contributed by atoms with E-state index in [-0.39, 0.29) is 17.3 Å². The van der Waals surface area contributed by atoms with Crippen molar-refractivity contribution < 1.29 is 23.5 Å². The van der Waals surface area contributed by atoms with Gasteiger partial charge in [0.25, 0.3) is 0 Å². The summed E-state index contributed by atoms with van der Waals surface area (Å²) in [6, 6.07) is 2.42. The fourth-order valence-electron chi connectivity index (χ4n) is 1.29. The molecule has 0 aliphatic carbocycles. The Hall–Kier alpha value is -2.11. The summed E-state index contributed by atoms with van der Waals surface area (Å²) in [5.74, 6) is -0.801. The number of aromatic nitrogens is 1. The first-order valence-electron chi connectivity index (χ1n) is 7.62. The van der Waals surface area contributed by atoms with E-state index in [1.807, 2.05) is 27.7 Å². The Morgan fingerprint density at radius 2 is 1.96 bits per heavy atom. The molecule has 0 N–H and O–H groups in total. The second-order valence-electron chi connectivity index (χ2n) is 4.34. The minimum Gasteiger partial charge on any atom is -0.465 e. The molecular formula is C17H26FNO4. The molecule has 0 saturated carbocycles. The number of nitrogens with zero attached hydrogens (tertiary/aromatic N) is 1. The molecule has 0 aliphatic rings. The quantitative estimate of drug-likeness (QED) is 0.453. The molecule has 0 radical (unpaired) electrons. The van der Waals surface area contributed by atoms with Gasteiger partial charge in [-0.25, -0.2) is 9.78 Å². The highest BCUT2D eigenvalue weighted by Gasteiger charge is 2.08. The van der Waals surface area contributed by atoms with E-state index >= 15 is 0 Å². The molecule has 0 spiro atoms. The highest BCUT2D eigenvalue weighted by atomic mass is 19.1. The molecule has 0 aliphatic heterocycles. The van der Waals surface area contributed by atoms with Crippen LogP contribution in [0.1, 0.15) is 57.3 Å². The molecule has 130 valence electrons. The second kappa shape index (κ2) is 14.8. The number of esters is 1. The number of methoxy groups -OCH3 is 1. The van der Waals surface area contributed by atoms with Gasteiger partial charge in [0, 0.05) is 25.0 Å². The summed E-state index contributed by atoms with van der Waals surface area (Å²) in [5, 5.41) is 0. The molecule has 1 unspecified atom stereocenters. The number of halogens is 1. The first-order chi connectivity index (χ1) is 11.0. The summed E-state index contributed by atoms with van der Waals surface area (Å²) in [4.78, 5) is 34.9. The molecule has 0 fully saturated rings. The average molecular weight is 327 g/mol. The molecule has 1 aromatic rings. The van der Waals surface area contributed by atoms with E-state index in [0.29, 0.717) is 12.8 Å². The number of carbonyl (C=O) groups is 3. The number of hydrogen-bond acceptors (Lipinski definition) is 5. The number of carbonyl (C=O) groups excluding carboxylic acids is 3. The van der Waals surface area contributed by atoms with Crippen LogP contribution in [0.5, 0.6) is 0 Å². The zero-order valence-corrected chi connectivity index (χ0v) is 14.5. The maximum atomic E-state index is 12.2. The van der Waals surface area contributed by atoms with Gasteiger partial charge in [-0.3, -0.25) is 4.79 Å². The van der Waals surface area contributed by atoms with Crippen molar-refractivity contribution in [1.29, 1.82) is 0 Å². The summed E-state index contributed by atoms with van der Waals surface area (Å²) >= 11 is 0. The zero-order valence-electron chi connectivity index (χ0n) is 14.5. The van der Waals surface area contributed by atoms with Crippen LogP contribution < -0.4 is 0 Å². The first-order valence-corrected chi connectivity index (χ1v) is 7.62. The standard InChI is InChI=1S/C8H14O2.C7H6FNO2.C2H6/c1-3-7(2)8(10)5-4-6-9;1-11-7(10)5-2-3-6(8)9-4-5;1-2/h6-7H,3-5H2,1-2H3;2-4H,1H3;1-2H3. The molecular weight excluding hydrogens is 301 g/mol. The van der Waals surface area contributed by atoms with E-state index < -0.39 is 11.9 Å². The lowest BCUT2D eigenvalue weighted by molar-refractivity contribution is -0.123. The van der Waals surface area contributed by atoms with Crippen molar-refractivity contribution in [2.75, 3.05) is 7.11 Å². The van der Waals surface area contributed by atoms with Gasteiger partial charge in [0.1, 0.15) is 12.1 Å². The predicted molar refractivity (Wildman–Crippen MR) is 86.6 cm³/mol. The van der Waals surface area contributed by atoms with Crippen LogP contribution >= 0.6 is 0 Å². The van der Waals surface area contributed by atoms with Crippen molar-refractivity contribution in [2.45, 2.75) is 47.0 Å². The number of aldehydes is 1. The van der Waals surface area contributed by atoms with Gasteiger partial charge < -0.3 is 9.53 Å². The van der Waals surface area contributed by atoms with Crippen LogP contribution in [0, 0.1) is 11.9 Å². The molecule has 0 amide bonds. The largest absolute Gasteiger partial charge is 0.465 e. The molecule has 1 heterocycles. The van der Waals surface area contributed by atoms with E-state index in [4.69, 9.17) is 0 Å². The van der Waals surface area contributed by atoms with Crippen LogP contribution in [0.2, 0.25) is 0 Å². The van der Waals surface area contributed by atoms with Crippen LogP contribution in [0.25, 0.3) is 0 Å². The normalized spacial score (nSPS) is 10.2. The number of rotatable bonds is 6. The highest BCUT2D eigenvalue weighted by Crippen LogP contribution is 2.05. The molecule has 6 heteroatoms. The van der Waals surface area contributed by atoms with Gasteiger partial charge in [0.2, 0.25) is 5.95 Å². The fourth-order valence-corrected chi connectivity index (χ4v) is 1.29. The van der Waals surface area contributed by atoms with Gasteiger partial charge in [0.15, 0.2) is 0 Å². The van der Waals surface area contributed by atoms with Crippen molar-refractivity contribution in [3.8, 4) is 0 Å². The van der Waals surface area contributed by atoms with E-state index in [9.17, 15) is 18.8 Å². The van der Waals surface area contributed by atoms with Crippen molar-refractivity contribution in [1.82, 2.24) is 4.98 Å². The lowest BCUT2D eigenvalue weighted by Crippen LogP contribution is -2.09. The fraction of sp³-hybridized carbons (Fsp3) is 0.529. The molecule has 23 heavy (non-hydrogen) atoms. The van der Waals surface area contributed by atoms with Gasteiger partial charge in [-0.05, 0) is 18.6 Å². The average Bonchev–Trinajstić information content (AvgIpc) is 2.61. The topological polar surface area (TPSA) is 73.3 Å². The third-order valence-electron chi connectivity index (χ3n) is 2.82. The summed E-state index contributed by atoms with van der Waals surface area (Å²) in [6.45, 7) is 7.87. The molecule has 0 bridgehead atoms. The monoisotopic (exact) mass is 327 g/mol. The maximum absolute atomic E-state index is 12.2. The Labute approximate surface area is 137 Å². The van der Waals surface area contributed by atoms with Crippen molar-refractivity contribution in [3.63, 3.8) is 0 Å². The third-order valence-corrected chi connectivity index (χ3v) is 2.82. The third kappa shape index (κ3) is 11.2. The number of ether oxygens (including phenoxy) is 1.